The highest BCUT2D eigenvalue weighted by Gasteiger charge is 2.21. The van der Waals surface area contributed by atoms with Crippen LogP contribution in [0.3, 0.4) is 0 Å². The maximum Gasteiger partial charge on any atom is 0.333 e. The highest BCUT2D eigenvalue weighted by atomic mass is 16.3. The van der Waals surface area contributed by atoms with Crippen LogP contribution in [0.15, 0.2) is 45.3 Å². The lowest BCUT2D eigenvalue weighted by atomic mass is 10.2. The van der Waals surface area contributed by atoms with Gasteiger partial charge in [-0.1, -0.05) is 24.3 Å². The standard InChI is InChI=1S/C16H16N6O4/c1-20-14-13(15(25)21(2)16(20)26)22(9-17-14)8-12(24)19-18-7-10-4-3-5-11(23)6-10/h3-7,9H,8H2,1-2H3,(H2,19,23,24). The SMILES string of the molecule is Cn1c(=O)c2c([nH]c[n+]2CC(=O)NN=Cc2cccc([O-])c2)n(C)c1=O. The minimum absolute atomic E-state index is 0.156. The molecule has 2 heterocycles. The first-order valence-electron chi connectivity index (χ1n) is 7.64. The summed E-state index contributed by atoms with van der Waals surface area (Å²) in [4.78, 5) is 39.1. The number of hydrogen-bond donors (Lipinski definition) is 2. The number of hydrazone groups is 1. The highest BCUT2D eigenvalue weighted by molar-refractivity contribution is 5.82. The molecule has 0 saturated carbocycles. The van der Waals surface area contributed by atoms with Crippen LogP contribution in [0, 0.1) is 0 Å². The molecule has 3 rings (SSSR count). The number of nitrogens with zero attached hydrogens (tertiary/aromatic N) is 4. The summed E-state index contributed by atoms with van der Waals surface area (Å²) in [5.74, 6) is -0.627. The van der Waals surface area contributed by atoms with E-state index in [1.165, 1.54) is 47.9 Å². The van der Waals surface area contributed by atoms with Gasteiger partial charge in [-0.15, -0.1) is 5.75 Å². The Morgan fingerprint density at radius 2 is 2.12 bits per heavy atom. The van der Waals surface area contributed by atoms with Gasteiger partial charge in [-0.3, -0.25) is 18.7 Å². The largest absolute Gasteiger partial charge is 0.872 e. The van der Waals surface area contributed by atoms with Crippen molar-refractivity contribution in [2.24, 2.45) is 19.2 Å². The van der Waals surface area contributed by atoms with E-state index in [0.717, 1.165) is 4.57 Å². The first kappa shape index (κ1) is 17.1. The number of aromatic amines is 1. The quantitative estimate of drug-likeness (QED) is 0.321. The Morgan fingerprint density at radius 1 is 1.35 bits per heavy atom. The van der Waals surface area contributed by atoms with E-state index in [1.54, 1.807) is 12.1 Å². The predicted octanol–water partition coefficient (Wildman–Crippen LogP) is -1.92. The molecule has 0 saturated heterocycles. The fourth-order valence-electron chi connectivity index (χ4n) is 2.54. The number of amides is 1. The zero-order valence-electron chi connectivity index (χ0n) is 14.1. The molecule has 0 unspecified atom stereocenters. The molecule has 10 heteroatoms. The number of benzene rings is 1. The van der Waals surface area contributed by atoms with E-state index in [2.05, 4.69) is 15.5 Å². The average Bonchev–Trinajstić information content (AvgIpc) is 3.02. The Labute approximate surface area is 146 Å². The monoisotopic (exact) mass is 356 g/mol. The molecule has 3 aromatic rings. The number of aryl methyl sites for hydroxylation is 1. The smallest absolute Gasteiger partial charge is 0.333 e. The summed E-state index contributed by atoms with van der Waals surface area (Å²) in [7, 11) is 2.90. The summed E-state index contributed by atoms with van der Waals surface area (Å²) in [5, 5.41) is 15.0. The van der Waals surface area contributed by atoms with E-state index in [4.69, 9.17) is 0 Å². The van der Waals surface area contributed by atoms with Crippen molar-refractivity contribution >= 4 is 23.3 Å². The number of fused-ring (bicyclic) bond motifs is 1. The van der Waals surface area contributed by atoms with E-state index in [-0.39, 0.29) is 17.8 Å². The van der Waals surface area contributed by atoms with Crippen molar-refractivity contribution < 1.29 is 14.5 Å². The summed E-state index contributed by atoms with van der Waals surface area (Å²) in [6.07, 6.45) is 2.79. The van der Waals surface area contributed by atoms with Crippen LogP contribution in [0.25, 0.3) is 11.2 Å². The highest BCUT2D eigenvalue weighted by Crippen LogP contribution is 2.05. The fraction of sp³-hybridized carbons (Fsp3) is 0.188. The van der Waals surface area contributed by atoms with Crippen LogP contribution in [0.4, 0.5) is 0 Å². The Balaban J connectivity index is 1.80. The topological polar surface area (TPSA) is 128 Å². The van der Waals surface area contributed by atoms with Gasteiger partial charge in [0.25, 0.3) is 17.1 Å². The van der Waals surface area contributed by atoms with Crippen LogP contribution in [0.2, 0.25) is 0 Å². The average molecular weight is 356 g/mol. The van der Waals surface area contributed by atoms with Gasteiger partial charge in [-0.2, -0.15) is 5.10 Å². The maximum absolute atomic E-state index is 12.3. The zero-order chi connectivity index (χ0) is 18.8. The van der Waals surface area contributed by atoms with Gasteiger partial charge in [-0.05, 0) is 5.56 Å². The van der Waals surface area contributed by atoms with E-state index in [9.17, 15) is 19.5 Å². The minimum atomic E-state index is -0.507. The van der Waals surface area contributed by atoms with E-state index in [1.807, 2.05) is 0 Å². The molecule has 0 fully saturated rings. The molecule has 0 atom stereocenters. The van der Waals surface area contributed by atoms with Gasteiger partial charge in [-0.25, -0.2) is 19.8 Å². The van der Waals surface area contributed by atoms with Crippen molar-refractivity contribution in [3.05, 3.63) is 57.0 Å². The lowest BCUT2D eigenvalue weighted by Crippen LogP contribution is -2.46. The second-order valence-electron chi connectivity index (χ2n) is 5.67. The van der Waals surface area contributed by atoms with Crippen molar-refractivity contribution in [3.63, 3.8) is 0 Å². The summed E-state index contributed by atoms with van der Waals surface area (Å²) in [6.45, 7) is -0.174. The lowest BCUT2D eigenvalue weighted by molar-refractivity contribution is -0.659. The Morgan fingerprint density at radius 3 is 2.85 bits per heavy atom. The molecule has 1 aromatic carbocycles. The molecule has 0 aliphatic rings. The maximum atomic E-state index is 12.3. The van der Waals surface area contributed by atoms with Crippen molar-refractivity contribution in [1.82, 2.24) is 19.5 Å². The van der Waals surface area contributed by atoms with Gasteiger partial charge in [0.2, 0.25) is 6.33 Å². The van der Waals surface area contributed by atoms with Crippen LogP contribution in [-0.4, -0.2) is 26.2 Å². The molecule has 2 aromatic heterocycles. The van der Waals surface area contributed by atoms with Gasteiger partial charge in [0.15, 0.2) is 6.54 Å². The molecule has 0 aliphatic heterocycles. The van der Waals surface area contributed by atoms with Crippen molar-refractivity contribution in [2.45, 2.75) is 6.54 Å². The number of imidazole rings is 1. The van der Waals surface area contributed by atoms with Gasteiger partial charge in [0.05, 0.1) is 6.21 Å². The van der Waals surface area contributed by atoms with Crippen LogP contribution >= 0.6 is 0 Å². The van der Waals surface area contributed by atoms with E-state index >= 15 is 0 Å². The minimum Gasteiger partial charge on any atom is -0.872 e. The van der Waals surface area contributed by atoms with Gasteiger partial charge in [0.1, 0.15) is 0 Å². The summed E-state index contributed by atoms with van der Waals surface area (Å²) < 4.78 is 3.66. The van der Waals surface area contributed by atoms with E-state index in [0.29, 0.717) is 11.2 Å². The lowest BCUT2D eigenvalue weighted by Gasteiger charge is -2.04. The van der Waals surface area contributed by atoms with Crippen molar-refractivity contribution in [2.75, 3.05) is 0 Å². The molecule has 0 bridgehead atoms. The Bertz CT molecular complexity index is 1140. The van der Waals surface area contributed by atoms with Crippen molar-refractivity contribution in [1.29, 1.82) is 0 Å². The number of nitrogens with one attached hydrogen (secondary N) is 2. The molecule has 10 nitrogen and oxygen atoms in total. The number of hydrogen-bond acceptors (Lipinski definition) is 5. The van der Waals surface area contributed by atoms with Gasteiger partial charge < -0.3 is 5.11 Å². The third-order valence-corrected chi connectivity index (χ3v) is 3.86. The van der Waals surface area contributed by atoms with Crippen LogP contribution in [-0.2, 0) is 25.4 Å². The van der Waals surface area contributed by atoms with E-state index < -0.39 is 17.2 Å². The second-order valence-corrected chi connectivity index (χ2v) is 5.67. The van der Waals surface area contributed by atoms with Gasteiger partial charge in [0, 0.05) is 14.1 Å². The summed E-state index contributed by atoms with van der Waals surface area (Å²) >= 11 is 0. The normalized spacial score (nSPS) is 11.3. The molecule has 134 valence electrons. The fourth-order valence-corrected chi connectivity index (χ4v) is 2.54. The Kier molecular flexibility index (Phi) is 4.40. The van der Waals surface area contributed by atoms with Crippen LogP contribution < -0.4 is 26.3 Å². The number of carbonyl (C=O) groups is 1. The number of aromatic nitrogens is 4. The molecular weight excluding hydrogens is 340 g/mol. The van der Waals surface area contributed by atoms with Gasteiger partial charge >= 0.3 is 11.2 Å². The molecule has 0 aliphatic carbocycles. The molecule has 2 N–H and O–H groups in total. The summed E-state index contributed by atoms with van der Waals surface area (Å²) in [5.41, 5.74) is 2.44. The number of carbonyl (C=O) groups excluding carboxylic acids is 1. The van der Waals surface area contributed by atoms with Crippen LogP contribution in [0.1, 0.15) is 5.56 Å². The Hall–Kier alpha value is -3.69. The van der Waals surface area contributed by atoms with Crippen LogP contribution in [0.5, 0.6) is 5.75 Å². The zero-order valence-corrected chi connectivity index (χ0v) is 14.1. The van der Waals surface area contributed by atoms with Crippen molar-refractivity contribution in [3.8, 4) is 5.75 Å². The number of H-pyrrole nitrogens is 1. The first-order valence-corrected chi connectivity index (χ1v) is 7.64. The molecule has 0 spiro atoms. The molecule has 0 radical (unpaired) electrons. The third-order valence-electron chi connectivity index (χ3n) is 3.86. The summed E-state index contributed by atoms with van der Waals surface area (Å²) in [6, 6.07) is 6.06. The number of rotatable bonds is 4. The molecular formula is C16H16N6O4. The third kappa shape index (κ3) is 3.11. The molecule has 26 heavy (non-hydrogen) atoms. The first-order chi connectivity index (χ1) is 12.4. The molecule has 1 amide bonds. The predicted molar refractivity (Wildman–Crippen MR) is 90.6 cm³/mol. The second kappa shape index (κ2) is 6.67.